The first kappa shape index (κ1) is 77.3. The number of amides is 3. The highest BCUT2D eigenvalue weighted by molar-refractivity contribution is 6.38. The van der Waals surface area contributed by atoms with E-state index in [9.17, 15) is 55.1 Å². The van der Waals surface area contributed by atoms with Crippen LogP contribution in [0.4, 0.5) is 26.3 Å². The third-order valence-corrected chi connectivity index (χ3v) is 24.3. The number of fused-ring (bicyclic) bond motifs is 18. The van der Waals surface area contributed by atoms with Crippen LogP contribution in [0.1, 0.15) is 178 Å². The van der Waals surface area contributed by atoms with Crippen molar-refractivity contribution in [2.45, 2.75) is 127 Å². The number of hydrogen-bond acceptors (Lipinski definition) is 12. The van der Waals surface area contributed by atoms with Crippen LogP contribution >= 0.6 is 23.2 Å². The van der Waals surface area contributed by atoms with E-state index in [1.54, 1.807) is 47.3 Å². The zero-order valence-electron chi connectivity index (χ0n) is 63.2. The van der Waals surface area contributed by atoms with Gasteiger partial charge in [0.15, 0.2) is 69.2 Å². The molecule has 18 rings (SSSR count). The molecule has 18 nitrogen and oxygen atoms in total. The largest absolute Gasteiger partial charge is 0.487 e. The maximum Gasteiger partial charge on any atom is 0.277 e. The first-order valence-corrected chi connectivity index (χ1v) is 39.1. The second-order valence-electron chi connectivity index (χ2n) is 29.3. The van der Waals surface area contributed by atoms with Crippen LogP contribution in [0.25, 0.3) is 12.2 Å². The van der Waals surface area contributed by atoms with Gasteiger partial charge < -0.3 is 34.3 Å². The molecule has 0 bridgehead atoms. The summed E-state index contributed by atoms with van der Waals surface area (Å²) in [6.45, 7) is 15.0. The van der Waals surface area contributed by atoms with Gasteiger partial charge in [-0.15, -0.1) is 23.2 Å². The minimum absolute atomic E-state index is 0.0146. The number of rotatable bonds is 17. The van der Waals surface area contributed by atoms with Crippen LogP contribution in [-0.4, -0.2) is 111 Å². The molecule has 3 aromatic heterocycles. The van der Waals surface area contributed by atoms with E-state index in [1.807, 2.05) is 130 Å². The van der Waals surface area contributed by atoms with Crippen molar-refractivity contribution in [2.75, 3.05) is 74.9 Å². The maximum atomic E-state index is 14.8. The second kappa shape index (κ2) is 30.5. The number of alkyl halides is 2. The van der Waals surface area contributed by atoms with Gasteiger partial charge in [0.05, 0.1) is 24.7 Å². The zero-order chi connectivity index (χ0) is 79.7. The average molecular weight is 1580 g/mol. The monoisotopic (exact) mass is 1580 g/mol. The van der Waals surface area contributed by atoms with Crippen molar-refractivity contribution in [3.63, 3.8) is 0 Å². The minimum Gasteiger partial charge on any atom is -0.487 e. The maximum absolute atomic E-state index is 14.8. The summed E-state index contributed by atoms with van der Waals surface area (Å²) >= 11 is 13.6. The Bertz CT molecular complexity index is 5540. The van der Waals surface area contributed by atoms with Gasteiger partial charge >= 0.3 is 0 Å². The molecule has 9 aliphatic rings. The molecule has 4 unspecified atom stereocenters. The van der Waals surface area contributed by atoms with Gasteiger partial charge in [-0.2, -0.15) is 0 Å². The van der Waals surface area contributed by atoms with Crippen molar-refractivity contribution in [3.8, 4) is 17.2 Å². The fourth-order valence-corrected chi connectivity index (χ4v) is 18.4. The van der Waals surface area contributed by atoms with E-state index >= 15 is 0 Å². The van der Waals surface area contributed by atoms with Crippen molar-refractivity contribution in [1.82, 2.24) is 28.7 Å². The minimum atomic E-state index is -0.987. The molecule has 3 amide bonds. The van der Waals surface area contributed by atoms with Gasteiger partial charge in [-0.3, -0.25) is 52.8 Å². The number of aromatic nitrogens is 3. The van der Waals surface area contributed by atoms with Gasteiger partial charge in [0, 0.05) is 56.4 Å². The number of unbranched alkanes of at least 4 members (excludes halogenated alkanes) is 3. The number of carbonyl (C=O) groups is 3. The molecule has 4 atom stereocenters. The molecule has 9 aromatic rings. The predicted octanol–water partition coefficient (Wildman–Crippen LogP) is 14.7. The molecule has 0 fully saturated rings. The zero-order valence-corrected chi connectivity index (χ0v) is 64.7. The fourth-order valence-electron chi connectivity index (χ4n) is 17.5. The molecule has 0 spiro atoms. The smallest absolute Gasteiger partial charge is 0.277 e. The van der Waals surface area contributed by atoms with Gasteiger partial charge in [0.1, 0.15) is 36.0 Å². The van der Waals surface area contributed by atoms with Crippen molar-refractivity contribution in [2.24, 2.45) is 0 Å². The number of carbonyl (C=O) groups excluding carboxylic acids is 3. The molecule has 6 heterocycles. The molecular formula is C87H83Cl2F6N9O9. The summed E-state index contributed by atoms with van der Waals surface area (Å²) in [5.74, 6) is -5.99. The van der Waals surface area contributed by atoms with Crippen LogP contribution in [0.2, 0.25) is 0 Å². The Morgan fingerprint density at radius 2 is 0.841 bits per heavy atom. The first-order valence-electron chi connectivity index (χ1n) is 38.3. The summed E-state index contributed by atoms with van der Waals surface area (Å²) < 4.78 is 108. The van der Waals surface area contributed by atoms with E-state index in [-0.39, 0.29) is 81.7 Å². The van der Waals surface area contributed by atoms with Gasteiger partial charge in [0.25, 0.3) is 17.7 Å². The summed E-state index contributed by atoms with van der Waals surface area (Å²) in [5.41, 5.74) is 12.3. The Labute approximate surface area is 658 Å². The third kappa shape index (κ3) is 12.5. The van der Waals surface area contributed by atoms with Crippen molar-refractivity contribution >= 4 is 53.1 Å². The summed E-state index contributed by atoms with van der Waals surface area (Å²) in [4.78, 5) is 80.5. The molecule has 0 saturated carbocycles. The molecule has 0 saturated heterocycles. The molecule has 3 aliphatic heterocycles. The lowest BCUT2D eigenvalue weighted by molar-refractivity contribution is 0.0668. The molecule has 586 valence electrons. The highest BCUT2D eigenvalue weighted by atomic mass is 35.5. The average Bonchev–Trinajstić information content (AvgIpc) is 1.55. The summed E-state index contributed by atoms with van der Waals surface area (Å²) in [7, 11) is 0. The second-order valence-corrected chi connectivity index (χ2v) is 30.6. The van der Waals surface area contributed by atoms with E-state index in [0.29, 0.717) is 105 Å². The van der Waals surface area contributed by atoms with Crippen LogP contribution in [0.3, 0.4) is 0 Å². The number of nitrogens with zero attached hydrogens (tertiary/aromatic N) is 8. The van der Waals surface area contributed by atoms with Gasteiger partial charge in [-0.05, 0) is 180 Å². The van der Waals surface area contributed by atoms with E-state index < -0.39 is 55.7 Å². The molecule has 113 heavy (non-hydrogen) atoms. The van der Waals surface area contributed by atoms with Gasteiger partial charge in [-0.25, -0.2) is 26.3 Å². The highest BCUT2D eigenvalue weighted by Crippen LogP contribution is 2.63. The van der Waals surface area contributed by atoms with Gasteiger partial charge in [-0.1, -0.05) is 125 Å². The highest BCUT2D eigenvalue weighted by Gasteiger charge is 2.63. The summed E-state index contributed by atoms with van der Waals surface area (Å²) in [5, 5.41) is 3.97. The number of pyridine rings is 3. The summed E-state index contributed by atoms with van der Waals surface area (Å²) in [6.07, 6.45) is 15.9. The standard InChI is InChI=1S/2C29H27F2N3O3.C16H10Cl2F2.C13H19N3O3/c2*1-3-5-12-37-27-25(35)10-11-33-26(27)28(36)32(4-2)17-34(33)29-20(13-18-8-6-7-9-21(18)29)14-19-15-23(30)24(31)16-22(19)29;17-15-7-9-3-1-2-4-11(9)16(15,18)12-6-14(20)13(19)5-10(12)8-15;1-3-5-8-19-12-10(17)6-7-16-11(12)13(18)15(4-2)9-14-16/h6-11,14-16H,3-5,12-13,17H2,1-2H3;6-11,13,15-16H,3-5,12,14,17H2,1-2H3;1-6H,7-8H2;6-7,14H,3-5,8-9H2,1-2H3. The predicted molar refractivity (Wildman–Crippen MR) is 420 cm³/mol. The van der Waals surface area contributed by atoms with E-state index in [0.717, 1.165) is 83.1 Å². The Morgan fingerprint density at radius 3 is 1.40 bits per heavy atom. The topological polar surface area (TPSA) is 173 Å². The van der Waals surface area contributed by atoms with Crippen molar-refractivity contribution < 1.29 is 54.9 Å². The quantitative estimate of drug-likeness (QED) is 0.0520. The van der Waals surface area contributed by atoms with E-state index in [1.165, 1.54) is 54.6 Å². The number of hydrogen-bond donors (Lipinski definition) is 1. The van der Waals surface area contributed by atoms with E-state index in [2.05, 4.69) is 11.5 Å². The Balaban J connectivity index is 0.000000124. The fraction of sp³-hybridized carbons (Fsp3) is 0.333. The Hall–Kier alpha value is -11.0. The molecule has 0 radical (unpaired) electrons. The Kier molecular flexibility index (Phi) is 20.9. The number of benzene rings is 6. The summed E-state index contributed by atoms with van der Waals surface area (Å²) in [6, 6.07) is 35.2. The van der Waals surface area contributed by atoms with Crippen LogP contribution in [0.15, 0.2) is 172 Å². The molecule has 6 aliphatic carbocycles. The normalized spacial score (nSPS) is 20.3. The van der Waals surface area contributed by atoms with Crippen LogP contribution < -0.4 is 45.9 Å². The van der Waals surface area contributed by atoms with Crippen molar-refractivity contribution in [3.05, 3.63) is 307 Å². The van der Waals surface area contributed by atoms with E-state index in [4.69, 9.17) is 37.4 Å². The lowest BCUT2D eigenvalue weighted by Crippen LogP contribution is -2.62. The number of nitrogens with one attached hydrogen (secondary N) is 1. The first-order chi connectivity index (χ1) is 54.5. The number of ether oxygens (including phenoxy) is 3. The molecule has 1 N–H and O–H groups in total. The number of halogens is 8. The van der Waals surface area contributed by atoms with Crippen LogP contribution in [0.5, 0.6) is 17.2 Å². The molecule has 26 heteroatoms. The van der Waals surface area contributed by atoms with Crippen molar-refractivity contribution in [1.29, 1.82) is 0 Å². The lowest BCUT2D eigenvalue weighted by atomic mass is 9.83. The third-order valence-electron chi connectivity index (χ3n) is 22.9. The lowest BCUT2D eigenvalue weighted by Gasteiger charge is -2.49. The van der Waals surface area contributed by atoms with Gasteiger partial charge in [0.2, 0.25) is 16.3 Å². The molecule has 6 aromatic carbocycles. The SMILES string of the molecule is CCCCOc1c2n(ccc1=O)N(C13C(=Cc4cc(F)c(F)cc41)Cc1ccccc13)CN(CC)C2=O.CCCCOc1c2n(ccc1=O)N(C13C(=Cc4ccccc41)Cc1cc(F)c(F)cc13)CN(CC)C2=O.CCCCOc1c2n(ccc1=O)NCN(CC)C2=O.Fc1cc2c(cc1F)C1(Cl)c3ccccc3CC1(Cl)C2. The van der Waals surface area contributed by atoms with Crippen LogP contribution in [-0.2, 0) is 41.6 Å². The Morgan fingerprint density at radius 1 is 0.416 bits per heavy atom. The molecular weight excluding hydrogens is 1500 g/mol. The van der Waals surface area contributed by atoms with Crippen LogP contribution in [0, 0.1) is 34.9 Å².